The van der Waals surface area contributed by atoms with E-state index in [0.717, 1.165) is 37.3 Å². The van der Waals surface area contributed by atoms with Gasteiger partial charge < -0.3 is 10.3 Å². The third-order valence-electron chi connectivity index (χ3n) is 3.94. The highest BCUT2D eigenvalue weighted by molar-refractivity contribution is 7.99. The van der Waals surface area contributed by atoms with Gasteiger partial charge in [-0.15, -0.1) is 11.8 Å². The summed E-state index contributed by atoms with van der Waals surface area (Å²) in [6.45, 7) is 2.67. The van der Waals surface area contributed by atoms with E-state index in [2.05, 4.69) is 28.7 Å². The molecule has 2 N–H and O–H groups in total. The van der Waals surface area contributed by atoms with Gasteiger partial charge in [-0.25, -0.2) is 9.78 Å². The lowest BCUT2D eigenvalue weighted by atomic mass is 10.3. The Labute approximate surface area is 145 Å². The molecular formula is C17H21N5OS. The highest BCUT2D eigenvalue weighted by atomic mass is 32.2. The number of rotatable bonds is 4. The van der Waals surface area contributed by atoms with Gasteiger partial charge in [0.2, 0.25) is 0 Å². The number of hydrogen-bond donors (Lipinski definition) is 1. The van der Waals surface area contributed by atoms with E-state index < -0.39 is 0 Å². The predicted octanol–water partition coefficient (Wildman–Crippen LogP) is 2.05. The van der Waals surface area contributed by atoms with E-state index >= 15 is 0 Å². The highest BCUT2D eigenvalue weighted by Crippen LogP contribution is 2.34. The molecule has 3 heterocycles. The SMILES string of the molecule is CCCc1nccn1CC#Cc1cn(C2CCCS2)c(=O)nc1N. The Balaban J connectivity index is 1.81. The monoisotopic (exact) mass is 343 g/mol. The van der Waals surface area contributed by atoms with Crippen molar-refractivity contribution in [2.75, 3.05) is 11.5 Å². The zero-order valence-corrected chi connectivity index (χ0v) is 14.6. The van der Waals surface area contributed by atoms with Crippen molar-refractivity contribution in [2.24, 2.45) is 0 Å². The van der Waals surface area contributed by atoms with Crippen molar-refractivity contribution < 1.29 is 0 Å². The van der Waals surface area contributed by atoms with Crippen LogP contribution in [0.4, 0.5) is 5.82 Å². The molecule has 3 rings (SSSR count). The largest absolute Gasteiger partial charge is 0.382 e. The van der Waals surface area contributed by atoms with Crippen LogP contribution in [0.2, 0.25) is 0 Å². The van der Waals surface area contributed by atoms with Crippen LogP contribution in [0.15, 0.2) is 23.4 Å². The summed E-state index contributed by atoms with van der Waals surface area (Å²) in [5.74, 6) is 8.47. The molecule has 0 amide bonds. The van der Waals surface area contributed by atoms with E-state index in [4.69, 9.17) is 5.73 Å². The minimum absolute atomic E-state index is 0.149. The van der Waals surface area contributed by atoms with Gasteiger partial charge in [0, 0.05) is 25.0 Å². The Morgan fingerprint density at radius 1 is 1.50 bits per heavy atom. The zero-order chi connectivity index (χ0) is 16.9. The Morgan fingerprint density at radius 3 is 3.12 bits per heavy atom. The van der Waals surface area contributed by atoms with Crippen molar-refractivity contribution in [2.45, 2.75) is 44.5 Å². The van der Waals surface area contributed by atoms with Crippen LogP contribution >= 0.6 is 11.8 Å². The molecule has 1 saturated heterocycles. The van der Waals surface area contributed by atoms with E-state index in [9.17, 15) is 4.79 Å². The predicted molar refractivity (Wildman–Crippen MR) is 96.7 cm³/mol. The molecule has 0 bridgehead atoms. The number of anilines is 1. The van der Waals surface area contributed by atoms with Crippen molar-refractivity contribution in [1.82, 2.24) is 19.1 Å². The van der Waals surface area contributed by atoms with E-state index in [1.54, 1.807) is 28.7 Å². The molecule has 6 nitrogen and oxygen atoms in total. The van der Waals surface area contributed by atoms with Crippen LogP contribution in [0.5, 0.6) is 0 Å². The maximum Gasteiger partial charge on any atom is 0.350 e. The molecule has 0 aromatic carbocycles. The average Bonchev–Trinajstić information content (AvgIpc) is 3.22. The quantitative estimate of drug-likeness (QED) is 0.860. The number of nitrogens with zero attached hydrogens (tertiary/aromatic N) is 4. The molecule has 0 aliphatic carbocycles. The lowest BCUT2D eigenvalue weighted by Crippen LogP contribution is -2.26. The van der Waals surface area contributed by atoms with Gasteiger partial charge >= 0.3 is 5.69 Å². The second-order valence-corrected chi connectivity index (χ2v) is 7.01. The Bertz CT molecular complexity index is 823. The number of aryl methyl sites for hydroxylation is 1. The third kappa shape index (κ3) is 3.65. The standard InChI is InChI=1S/C17H21N5OS/c1-2-5-14-19-8-10-21(14)9-3-6-13-12-22(15-7-4-11-24-15)17(23)20-16(13)18/h8,10,12,15H,2,4-5,7,9,11H2,1H3,(H2,18,20,23). The molecule has 0 saturated carbocycles. The number of nitrogens with two attached hydrogens (primary N) is 1. The molecule has 126 valence electrons. The highest BCUT2D eigenvalue weighted by Gasteiger charge is 2.19. The molecule has 24 heavy (non-hydrogen) atoms. The molecule has 1 fully saturated rings. The van der Waals surface area contributed by atoms with Crippen molar-refractivity contribution in [1.29, 1.82) is 0 Å². The van der Waals surface area contributed by atoms with E-state index in [0.29, 0.717) is 12.1 Å². The van der Waals surface area contributed by atoms with Crippen LogP contribution in [0.25, 0.3) is 0 Å². The van der Waals surface area contributed by atoms with E-state index in [1.165, 1.54) is 0 Å². The summed E-state index contributed by atoms with van der Waals surface area (Å²) in [6, 6.07) is 0. The summed E-state index contributed by atoms with van der Waals surface area (Å²) < 4.78 is 3.70. The second-order valence-electron chi connectivity index (χ2n) is 5.72. The van der Waals surface area contributed by atoms with Gasteiger partial charge in [-0.3, -0.25) is 4.57 Å². The fourth-order valence-electron chi connectivity index (χ4n) is 2.72. The maximum absolute atomic E-state index is 12.1. The molecule has 1 aliphatic rings. The first-order chi connectivity index (χ1) is 11.7. The number of aromatic nitrogens is 4. The van der Waals surface area contributed by atoms with E-state index in [1.807, 2.05) is 10.8 Å². The summed E-state index contributed by atoms with van der Waals surface area (Å²) in [6.07, 6.45) is 9.55. The number of hydrogen-bond acceptors (Lipinski definition) is 5. The summed E-state index contributed by atoms with van der Waals surface area (Å²) in [5, 5.41) is 0.149. The van der Waals surface area contributed by atoms with Crippen LogP contribution in [0, 0.1) is 11.8 Å². The molecule has 0 spiro atoms. The summed E-state index contributed by atoms with van der Waals surface area (Å²) >= 11 is 1.78. The van der Waals surface area contributed by atoms with E-state index in [-0.39, 0.29) is 16.9 Å². The minimum atomic E-state index is -0.294. The molecular weight excluding hydrogens is 322 g/mol. The smallest absolute Gasteiger partial charge is 0.350 e. The topological polar surface area (TPSA) is 78.7 Å². The fourth-order valence-corrected chi connectivity index (χ4v) is 3.97. The molecule has 7 heteroatoms. The average molecular weight is 343 g/mol. The molecule has 2 aromatic heterocycles. The molecule has 2 aromatic rings. The van der Waals surface area contributed by atoms with Crippen LogP contribution in [0.1, 0.15) is 42.9 Å². The Kier molecular flexibility index (Phi) is 5.26. The molecule has 0 radical (unpaired) electrons. The number of nitrogen functional groups attached to an aromatic ring is 1. The van der Waals surface area contributed by atoms with Gasteiger partial charge in [0.15, 0.2) is 0 Å². The third-order valence-corrected chi connectivity index (χ3v) is 5.32. The minimum Gasteiger partial charge on any atom is -0.382 e. The van der Waals surface area contributed by atoms with Gasteiger partial charge in [0.25, 0.3) is 0 Å². The van der Waals surface area contributed by atoms with Crippen LogP contribution in [0.3, 0.4) is 0 Å². The van der Waals surface area contributed by atoms with Gasteiger partial charge in [-0.05, 0) is 25.0 Å². The maximum atomic E-state index is 12.1. The Morgan fingerprint density at radius 2 is 2.38 bits per heavy atom. The summed E-state index contributed by atoms with van der Waals surface area (Å²) in [7, 11) is 0. The van der Waals surface area contributed by atoms with Gasteiger partial charge in [0.05, 0.1) is 17.5 Å². The van der Waals surface area contributed by atoms with Crippen LogP contribution in [-0.4, -0.2) is 24.9 Å². The second kappa shape index (κ2) is 7.58. The molecule has 1 unspecified atom stereocenters. The number of thioether (sulfide) groups is 1. The number of imidazole rings is 1. The summed E-state index contributed by atoms with van der Waals surface area (Å²) in [4.78, 5) is 20.3. The zero-order valence-electron chi connectivity index (χ0n) is 13.7. The van der Waals surface area contributed by atoms with Crippen LogP contribution in [-0.2, 0) is 13.0 Å². The van der Waals surface area contributed by atoms with Crippen molar-refractivity contribution >= 4 is 17.6 Å². The van der Waals surface area contributed by atoms with Gasteiger partial charge in [0.1, 0.15) is 11.6 Å². The first kappa shape index (κ1) is 16.7. The first-order valence-electron chi connectivity index (χ1n) is 8.18. The van der Waals surface area contributed by atoms with Crippen molar-refractivity contribution in [3.63, 3.8) is 0 Å². The van der Waals surface area contributed by atoms with Crippen LogP contribution < -0.4 is 11.4 Å². The van der Waals surface area contributed by atoms with Crippen molar-refractivity contribution in [3.05, 3.63) is 40.5 Å². The lowest BCUT2D eigenvalue weighted by molar-refractivity contribution is 0.608. The fraction of sp³-hybridized carbons (Fsp3) is 0.471. The lowest BCUT2D eigenvalue weighted by Gasteiger charge is -2.12. The van der Waals surface area contributed by atoms with Gasteiger partial charge in [-0.1, -0.05) is 18.8 Å². The van der Waals surface area contributed by atoms with Crippen molar-refractivity contribution in [3.8, 4) is 11.8 Å². The Hall–Kier alpha value is -2.20. The summed E-state index contributed by atoms with van der Waals surface area (Å²) in [5.41, 5.74) is 6.19. The molecule has 1 atom stereocenters. The normalized spacial score (nSPS) is 16.8. The first-order valence-corrected chi connectivity index (χ1v) is 9.23. The molecule has 1 aliphatic heterocycles. The van der Waals surface area contributed by atoms with Gasteiger partial charge in [-0.2, -0.15) is 4.98 Å².